The van der Waals surface area contributed by atoms with Gasteiger partial charge in [-0.1, -0.05) is 17.7 Å². The molecule has 1 amide bonds. The Morgan fingerprint density at radius 1 is 1.05 bits per heavy atom. The van der Waals surface area contributed by atoms with Crippen LogP contribution < -0.4 is 10.6 Å². The summed E-state index contributed by atoms with van der Waals surface area (Å²) >= 11 is 5.99. The molecule has 0 saturated carbocycles. The van der Waals surface area contributed by atoms with Crippen LogP contribution in [-0.4, -0.2) is 13.0 Å². The van der Waals surface area contributed by atoms with Gasteiger partial charge < -0.3 is 15.4 Å². The van der Waals surface area contributed by atoms with Crippen LogP contribution in [0.3, 0.4) is 0 Å². The molecule has 4 nitrogen and oxygen atoms in total. The monoisotopic (exact) mass is 288 g/mol. The summed E-state index contributed by atoms with van der Waals surface area (Å²) in [6.07, 6.45) is 0. The Kier molecular flexibility index (Phi) is 3.34. The molecule has 102 valence electrons. The standard InChI is InChI=1S/C15H13ClN2O2/c1-20-8-9-2-5-12-14(6-9)17-13-7-10(16)3-4-11(13)15(19)18-12/h2-7,17H,8H2,1H3,(H,18,19). The number of halogens is 1. The highest BCUT2D eigenvalue weighted by Crippen LogP contribution is 2.34. The maximum Gasteiger partial charge on any atom is 0.257 e. The van der Waals surface area contributed by atoms with Gasteiger partial charge in [0, 0.05) is 12.1 Å². The van der Waals surface area contributed by atoms with Gasteiger partial charge in [-0.25, -0.2) is 0 Å². The zero-order valence-corrected chi connectivity index (χ0v) is 11.6. The number of fused-ring (bicyclic) bond motifs is 2. The number of amides is 1. The van der Waals surface area contributed by atoms with E-state index in [1.807, 2.05) is 18.2 Å². The number of hydrogen-bond acceptors (Lipinski definition) is 3. The summed E-state index contributed by atoms with van der Waals surface area (Å²) in [4.78, 5) is 12.2. The van der Waals surface area contributed by atoms with Crippen molar-refractivity contribution < 1.29 is 9.53 Å². The third kappa shape index (κ3) is 2.35. The molecule has 1 heterocycles. The van der Waals surface area contributed by atoms with Crippen LogP contribution in [0.15, 0.2) is 36.4 Å². The predicted octanol–water partition coefficient (Wildman–Crippen LogP) is 3.80. The van der Waals surface area contributed by atoms with E-state index < -0.39 is 0 Å². The Bertz CT molecular complexity index is 686. The van der Waals surface area contributed by atoms with Crippen LogP contribution in [0.25, 0.3) is 0 Å². The van der Waals surface area contributed by atoms with Gasteiger partial charge in [0.05, 0.1) is 29.2 Å². The fraction of sp³-hybridized carbons (Fsp3) is 0.133. The Morgan fingerprint density at radius 3 is 2.70 bits per heavy atom. The van der Waals surface area contributed by atoms with Crippen LogP contribution >= 0.6 is 11.6 Å². The van der Waals surface area contributed by atoms with E-state index in [2.05, 4.69) is 10.6 Å². The van der Waals surface area contributed by atoms with Crippen LogP contribution in [0, 0.1) is 0 Å². The summed E-state index contributed by atoms with van der Waals surface area (Å²) in [6, 6.07) is 10.9. The molecule has 0 bridgehead atoms. The third-order valence-corrected chi connectivity index (χ3v) is 3.37. The summed E-state index contributed by atoms with van der Waals surface area (Å²) in [5.74, 6) is -0.151. The highest BCUT2D eigenvalue weighted by atomic mass is 35.5. The molecule has 2 N–H and O–H groups in total. The maximum absolute atomic E-state index is 12.2. The molecule has 0 aromatic heterocycles. The molecule has 1 aliphatic heterocycles. The number of carbonyl (C=O) groups excluding carboxylic acids is 1. The number of rotatable bonds is 2. The molecule has 0 fully saturated rings. The SMILES string of the molecule is COCc1ccc2c(c1)Nc1cc(Cl)ccc1C(=O)N2. The molecule has 2 aromatic carbocycles. The van der Waals surface area contributed by atoms with Crippen molar-refractivity contribution in [1.82, 2.24) is 0 Å². The van der Waals surface area contributed by atoms with Crippen molar-refractivity contribution >= 4 is 34.6 Å². The Balaban J connectivity index is 2.07. The van der Waals surface area contributed by atoms with Crippen molar-refractivity contribution in [3.05, 3.63) is 52.5 Å². The minimum atomic E-state index is -0.151. The van der Waals surface area contributed by atoms with E-state index in [0.717, 1.165) is 16.9 Å². The van der Waals surface area contributed by atoms with E-state index in [9.17, 15) is 4.79 Å². The Morgan fingerprint density at radius 2 is 1.90 bits per heavy atom. The van der Waals surface area contributed by atoms with Gasteiger partial charge in [0.15, 0.2) is 0 Å². The van der Waals surface area contributed by atoms with E-state index in [4.69, 9.17) is 16.3 Å². The maximum atomic E-state index is 12.2. The zero-order chi connectivity index (χ0) is 14.1. The summed E-state index contributed by atoms with van der Waals surface area (Å²) < 4.78 is 5.12. The number of benzene rings is 2. The molecule has 0 spiro atoms. The molecule has 2 aromatic rings. The van der Waals surface area contributed by atoms with Gasteiger partial charge in [-0.3, -0.25) is 4.79 Å². The van der Waals surface area contributed by atoms with Gasteiger partial charge >= 0.3 is 0 Å². The first kappa shape index (κ1) is 13.0. The van der Waals surface area contributed by atoms with E-state index in [1.54, 1.807) is 25.3 Å². The van der Waals surface area contributed by atoms with Crippen molar-refractivity contribution in [2.24, 2.45) is 0 Å². The summed E-state index contributed by atoms with van der Waals surface area (Å²) in [5, 5.41) is 6.72. The van der Waals surface area contributed by atoms with Gasteiger partial charge in [-0.15, -0.1) is 0 Å². The fourth-order valence-corrected chi connectivity index (χ4v) is 2.39. The number of carbonyl (C=O) groups is 1. The minimum absolute atomic E-state index is 0.151. The van der Waals surface area contributed by atoms with E-state index in [1.165, 1.54) is 0 Å². The molecule has 0 radical (unpaired) electrons. The first-order valence-electron chi connectivity index (χ1n) is 6.17. The van der Waals surface area contributed by atoms with Crippen molar-refractivity contribution in [2.75, 3.05) is 17.7 Å². The van der Waals surface area contributed by atoms with Crippen LogP contribution in [0.5, 0.6) is 0 Å². The zero-order valence-electron chi connectivity index (χ0n) is 10.9. The van der Waals surface area contributed by atoms with E-state index in [-0.39, 0.29) is 5.91 Å². The number of methoxy groups -OCH3 is 1. The van der Waals surface area contributed by atoms with Crippen LogP contribution in [-0.2, 0) is 11.3 Å². The molecule has 0 unspecified atom stereocenters. The number of ether oxygens (including phenoxy) is 1. The molecule has 3 rings (SSSR count). The van der Waals surface area contributed by atoms with Crippen molar-refractivity contribution in [3.8, 4) is 0 Å². The Labute approximate surface area is 121 Å². The lowest BCUT2D eigenvalue weighted by Gasteiger charge is -2.10. The van der Waals surface area contributed by atoms with Crippen molar-refractivity contribution in [3.63, 3.8) is 0 Å². The lowest BCUT2D eigenvalue weighted by Crippen LogP contribution is -2.10. The third-order valence-electron chi connectivity index (χ3n) is 3.14. The van der Waals surface area contributed by atoms with Crippen molar-refractivity contribution in [1.29, 1.82) is 0 Å². The smallest absolute Gasteiger partial charge is 0.257 e. The summed E-state index contributed by atoms with van der Waals surface area (Å²) in [5.41, 5.74) is 3.86. The van der Waals surface area contributed by atoms with E-state index in [0.29, 0.717) is 22.9 Å². The second kappa shape index (κ2) is 5.15. The molecular weight excluding hydrogens is 276 g/mol. The quantitative estimate of drug-likeness (QED) is 0.884. The van der Waals surface area contributed by atoms with Gasteiger partial charge in [-0.2, -0.15) is 0 Å². The van der Waals surface area contributed by atoms with Crippen LogP contribution in [0.4, 0.5) is 17.1 Å². The second-order valence-corrected chi connectivity index (χ2v) is 5.02. The summed E-state index contributed by atoms with van der Waals surface area (Å²) in [6.45, 7) is 0.519. The average molecular weight is 289 g/mol. The second-order valence-electron chi connectivity index (χ2n) is 4.58. The highest BCUT2D eigenvalue weighted by molar-refractivity contribution is 6.31. The van der Waals surface area contributed by atoms with Crippen molar-refractivity contribution in [2.45, 2.75) is 6.61 Å². The van der Waals surface area contributed by atoms with E-state index >= 15 is 0 Å². The largest absolute Gasteiger partial charge is 0.380 e. The minimum Gasteiger partial charge on any atom is -0.380 e. The molecular formula is C15H13ClN2O2. The van der Waals surface area contributed by atoms with Gasteiger partial charge in [0.1, 0.15) is 0 Å². The average Bonchev–Trinajstić information content (AvgIpc) is 2.54. The summed E-state index contributed by atoms with van der Waals surface area (Å²) in [7, 11) is 1.65. The van der Waals surface area contributed by atoms with Crippen LogP contribution in [0.2, 0.25) is 5.02 Å². The lowest BCUT2D eigenvalue weighted by molar-refractivity contribution is 0.102. The number of hydrogen-bond donors (Lipinski definition) is 2. The van der Waals surface area contributed by atoms with Gasteiger partial charge in [-0.05, 0) is 35.9 Å². The highest BCUT2D eigenvalue weighted by Gasteiger charge is 2.19. The molecule has 1 aliphatic rings. The normalized spacial score (nSPS) is 12.8. The first-order valence-corrected chi connectivity index (χ1v) is 6.55. The molecule has 0 aliphatic carbocycles. The fourth-order valence-electron chi connectivity index (χ4n) is 2.21. The number of anilines is 3. The lowest BCUT2D eigenvalue weighted by atomic mass is 10.1. The topological polar surface area (TPSA) is 50.4 Å². The predicted molar refractivity (Wildman–Crippen MR) is 79.8 cm³/mol. The number of nitrogens with one attached hydrogen (secondary N) is 2. The van der Waals surface area contributed by atoms with Crippen LogP contribution in [0.1, 0.15) is 15.9 Å². The first-order chi connectivity index (χ1) is 9.67. The molecule has 5 heteroatoms. The molecule has 20 heavy (non-hydrogen) atoms. The Hall–Kier alpha value is -2.04. The van der Waals surface area contributed by atoms with Gasteiger partial charge in [0.25, 0.3) is 5.91 Å². The van der Waals surface area contributed by atoms with Gasteiger partial charge in [0.2, 0.25) is 0 Å². The molecule has 0 atom stereocenters. The molecule has 0 saturated heterocycles.